The molecule has 0 unspecified atom stereocenters. The highest BCUT2D eigenvalue weighted by atomic mass is 16.5. The molecule has 0 spiro atoms. The van der Waals surface area contributed by atoms with Crippen molar-refractivity contribution in [1.82, 2.24) is 4.90 Å². The topological polar surface area (TPSA) is 29.5 Å². The molecule has 3 rings (SSSR count). The Kier molecular flexibility index (Phi) is 4.47. The SMILES string of the molecule is CCOc1ccc(CC(=O)N(C2CCCC2)C2CC2)cc1. The minimum atomic E-state index is 0.313. The van der Waals surface area contributed by atoms with Crippen molar-refractivity contribution in [3.63, 3.8) is 0 Å². The smallest absolute Gasteiger partial charge is 0.227 e. The summed E-state index contributed by atoms with van der Waals surface area (Å²) < 4.78 is 5.45. The van der Waals surface area contributed by atoms with Crippen molar-refractivity contribution in [2.75, 3.05) is 6.61 Å². The Morgan fingerprint density at radius 3 is 2.29 bits per heavy atom. The number of ether oxygens (including phenoxy) is 1. The van der Waals surface area contributed by atoms with E-state index in [0.29, 0.717) is 31.0 Å². The van der Waals surface area contributed by atoms with E-state index >= 15 is 0 Å². The van der Waals surface area contributed by atoms with Crippen LogP contribution in [0.15, 0.2) is 24.3 Å². The second kappa shape index (κ2) is 6.50. The summed E-state index contributed by atoms with van der Waals surface area (Å²) in [5.74, 6) is 1.19. The lowest BCUT2D eigenvalue weighted by Crippen LogP contribution is -2.41. The van der Waals surface area contributed by atoms with E-state index in [1.165, 1.54) is 38.5 Å². The minimum Gasteiger partial charge on any atom is -0.494 e. The molecule has 0 aromatic heterocycles. The van der Waals surface area contributed by atoms with Gasteiger partial charge in [0.2, 0.25) is 5.91 Å². The van der Waals surface area contributed by atoms with E-state index in [2.05, 4.69) is 4.90 Å². The van der Waals surface area contributed by atoms with Crippen LogP contribution in [0, 0.1) is 0 Å². The third-order valence-electron chi connectivity index (χ3n) is 4.54. The normalized spacial score (nSPS) is 18.7. The summed E-state index contributed by atoms with van der Waals surface area (Å²) in [4.78, 5) is 14.9. The zero-order valence-corrected chi connectivity index (χ0v) is 12.9. The molecule has 3 nitrogen and oxygen atoms in total. The molecule has 0 N–H and O–H groups in total. The van der Waals surface area contributed by atoms with Gasteiger partial charge >= 0.3 is 0 Å². The van der Waals surface area contributed by atoms with Crippen molar-refractivity contribution >= 4 is 5.91 Å². The standard InChI is InChI=1S/C18H25NO2/c1-2-21-17-11-7-14(8-12-17)13-18(20)19(16-9-10-16)15-5-3-4-6-15/h7-8,11-12,15-16H,2-6,9-10,13H2,1H3. The molecule has 0 atom stereocenters. The maximum absolute atomic E-state index is 12.7. The van der Waals surface area contributed by atoms with Crippen molar-refractivity contribution in [1.29, 1.82) is 0 Å². The van der Waals surface area contributed by atoms with Gasteiger partial charge < -0.3 is 9.64 Å². The van der Waals surface area contributed by atoms with Crippen molar-refractivity contribution in [2.45, 2.75) is 64.0 Å². The maximum Gasteiger partial charge on any atom is 0.227 e. The number of carbonyl (C=O) groups excluding carboxylic acids is 1. The Labute approximate surface area is 127 Å². The van der Waals surface area contributed by atoms with Crippen LogP contribution in [-0.4, -0.2) is 29.5 Å². The average Bonchev–Trinajstić information content (AvgIpc) is 3.16. The molecule has 0 radical (unpaired) electrons. The lowest BCUT2D eigenvalue weighted by Gasteiger charge is -2.29. The van der Waals surface area contributed by atoms with Crippen molar-refractivity contribution < 1.29 is 9.53 Å². The van der Waals surface area contributed by atoms with Gasteiger partial charge in [-0.15, -0.1) is 0 Å². The number of hydrogen-bond donors (Lipinski definition) is 0. The molecule has 2 fully saturated rings. The second-order valence-electron chi connectivity index (χ2n) is 6.22. The van der Waals surface area contributed by atoms with E-state index in [0.717, 1.165) is 11.3 Å². The fourth-order valence-corrected chi connectivity index (χ4v) is 3.38. The van der Waals surface area contributed by atoms with E-state index in [4.69, 9.17) is 4.74 Å². The summed E-state index contributed by atoms with van der Waals surface area (Å²) in [6, 6.07) is 8.99. The van der Waals surface area contributed by atoms with Gasteiger partial charge in [0.1, 0.15) is 5.75 Å². The number of amides is 1. The molecule has 1 aromatic rings. The van der Waals surface area contributed by atoms with Crippen LogP contribution < -0.4 is 4.74 Å². The van der Waals surface area contributed by atoms with Gasteiger partial charge in [-0.1, -0.05) is 25.0 Å². The first kappa shape index (κ1) is 14.4. The number of nitrogens with zero attached hydrogens (tertiary/aromatic N) is 1. The molecular weight excluding hydrogens is 262 g/mol. The first-order chi connectivity index (χ1) is 10.3. The molecule has 2 aliphatic rings. The second-order valence-corrected chi connectivity index (χ2v) is 6.22. The van der Waals surface area contributed by atoms with Gasteiger partial charge in [-0.3, -0.25) is 4.79 Å². The predicted octanol–water partition coefficient (Wildman–Crippen LogP) is 3.56. The largest absolute Gasteiger partial charge is 0.494 e. The molecule has 2 aliphatic carbocycles. The van der Waals surface area contributed by atoms with Crippen molar-refractivity contribution in [3.05, 3.63) is 29.8 Å². The zero-order valence-electron chi connectivity index (χ0n) is 12.9. The molecule has 0 heterocycles. The van der Waals surface area contributed by atoms with Gasteiger partial charge in [-0.2, -0.15) is 0 Å². The molecule has 0 aliphatic heterocycles. The molecule has 114 valence electrons. The van der Waals surface area contributed by atoms with Gasteiger partial charge in [0.25, 0.3) is 0 Å². The highest BCUT2D eigenvalue weighted by Crippen LogP contribution is 2.34. The first-order valence-corrected chi connectivity index (χ1v) is 8.31. The van der Waals surface area contributed by atoms with Crippen LogP contribution >= 0.6 is 0 Å². The molecule has 21 heavy (non-hydrogen) atoms. The van der Waals surface area contributed by atoms with Crippen LogP contribution in [0.5, 0.6) is 5.75 Å². The van der Waals surface area contributed by atoms with Crippen LogP contribution in [0.2, 0.25) is 0 Å². The molecule has 1 aromatic carbocycles. The van der Waals surface area contributed by atoms with Crippen LogP contribution in [0.4, 0.5) is 0 Å². The van der Waals surface area contributed by atoms with Gasteiger partial charge in [-0.05, 0) is 50.3 Å². The van der Waals surface area contributed by atoms with Crippen molar-refractivity contribution in [2.24, 2.45) is 0 Å². The lowest BCUT2D eigenvalue weighted by atomic mass is 10.1. The summed E-state index contributed by atoms with van der Waals surface area (Å²) in [7, 11) is 0. The third kappa shape index (κ3) is 3.58. The van der Waals surface area contributed by atoms with Crippen LogP contribution in [0.25, 0.3) is 0 Å². The zero-order chi connectivity index (χ0) is 14.7. The van der Waals surface area contributed by atoms with Gasteiger partial charge in [0.15, 0.2) is 0 Å². The quantitative estimate of drug-likeness (QED) is 0.800. The average molecular weight is 287 g/mol. The van der Waals surface area contributed by atoms with Gasteiger partial charge in [0, 0.05) is 12.1 Å². The molecule has 1 amide bonds. The summed E-state index contributed by atoms with van der Waals surface area (Å²) in [6.45, 7) is 2.65. The number of benzene rings is 1. The minimum absolute atomic E-state index is 0.313. The highest BCUT2D eigenvalue weighted by molar-refractivity contribution is 5.79. The summed E-state index contributed by atoms with van der Waals surface area (Å²) in [5.41, 5.74) is 1.09. The first-order valence-electron chi connectivity index (χ1n) is 8.31. The monoisotopic (exact) mass is 287 g/mol. The van der Waals surface area contributed by atoms with Gasteiger partial charge in [0.05, 0.1) is 13.0 Å². The van der Waals surface area contributed by atoms with Gasteiger partial charge in [-0.25, -0.2) is 0 Å². The van der Waals surface area contributed by atoms with Crippen LogP contribution in [0.1, 0.15) is 51.0 Å². The number of rotatable bonds is 6. The number of carbonyl (C=O) groups is 1. The fourth-order valence-electron chi connectivity index (χ4n) is 3.38. The molecule has 0 bridgehead atoms. The highest BCUT2D eigenvalue weighted by Gasteiger charge is 2.37. The Morgan fingerprint density at radius 2 is 1.71 bits per heavy atom. The number of hydrogen-bond acceptors (Lipinski definition) is 2. The maximum atomic E-state index is 12.7. The predicted molar refractivity (Wildman–Crippen MR) is 83.4 cm³/mol. The lowest BCUT2D eigenvalue weighted by molar-refractivity contribution is -0.133. The molecule has 3 heteroatoms. The Morgan fingerprint density at radius 1 is 1.10 bits per heavy atom. The van der Waals surface area contributed by atoms with Crippen LogP contribution in [0.3, 0.4) is 0 Å². The molecule has 0 saturated heterocycles. The summed E-state index contributed by atoms with van der Waals surface area (Å²) in [6.07, 6.45) is 7.89. The van der Waals surface area contributed by atoms with E-state index < -0.39 is 0 Å². The molecular formula is C18H25NO2. The van der Waals surface area contributed by atoms with Crippen LogP contribution in [-0.2, 0) is 11.2 Å². The Hall–Kier alpha value is -1.51. The fraction of sp³-hybridized carbons (Fsp3) is 0.611. The summed E-state index contributed by atoms with van der Waals surface area (Å²) >= 11 is 0. The van der Waals surface area contributed by atoms with E-state index in [9.17, 15) is 4.79 Å². The molecule has 2 saturated carbocycles. The van der Waals surface area contributed by atoms with E-state index in [-0.39, 0.29) is 0 Å². The van der Waals surface area contributed by atoms with Crippen molar-refractivity contribution in [3.8, 4) is 5.75 Å². The van der Waals surface area contributed by atoms with E-state index in [1.54, 1.807) is 0 Å². The third-order valence-corrected chi connectivity index (χ3v) is 4.54. The summed E-state index contributed by atoms with van der Waals surface area (Å²) in [5, 5.41) is 0. The Bertz CT molecular complexity index is 472. The Balaban J connectivity index is 1.63. The van der Waals surface area contributed by atoms with E-state index in [1.807, 2.05) is 31.2 Å².